The lowest BCUT2D eigenvalue weighted by Crippen LogP contribution is -2.42. The Balaban J connectivity index is 0.000000222. The molecule has 8 N–H and O–H groups in total. The first-order valence-electron chi connectivity index (χ1n) is 11.8. The van der Waals surface area contributed by atoms with Gasteiger partial charge in [-0.1, -0.05) is 0 Å². The lowest BCUT2D eigenvalue weighted by Gasteiger charge is -2.09. The second-order valence-electron chi connectivity index (χ2n) is 9.07. The van der Waals surface area contributed by atoms with E-state index in [4.69, 9.17) is 10.2 Å². The van der Waals surface area contributed by atoms with Gasteiger partial charge in [0.15, 0.2) is 0 Å². The molecule has 4 aromatic rings. The second kappa shape index (κ2) is 13.0. The van der Waals surface area contributed by atoms with Crippen molar-refractivity contribution in [2.24, 2.45) is 0 Å². The summed E-state index contributed by atoms with van der Waals surface area (Å²) in [5.74, 6) is -0.144. The van der Waals surface area contributed by atoms with Crippen molar-refractivity contribution in [1.82, 2.24) is 0 Å². The van der Waals surface area contributed by atoms with Crippen LogP contribution >= 0.6 is 0 Å². The summed E-state index contributed by atoms with van der Waals surface area (Å²) in [5, 5.41) is 17.5. The third-order valence-corrected chi connectivity index (χ3v) is 7.68. The quantitative estimate of drug-likeness (QED) is 0.261. The monoisotopic (exact) mass is 588 g/mol. The van der Waals surface area contributed by atoms with Crippen LogP contribution < -0.4 is 11.5 Å². The van der Waals surface area contributed by atoms with Gasteiger partial charge >= 0.3 is 0 Å². The summed E-state index contributed by atoms with van der Waals surface area (Å²) in [6.45, 7) is 8.48. The number of quaternary nitrogens is 2. The standard InChI is InChI=1S/C16H20N2.2C6H6O4S/c1-9-5-13(6-10(2)15(9)17)14-7-11(3)16(18)12(4)8-14;2*7-5-1-3-6(4-2-5)11(8,9)10/h5-8H,17-18H2,1-4H3;2*1-4,7H,(H,8,9,10). The van der Waals surface area contributed by atoms with E-state index in [2.05, 4.69) is 63.4 Å². The molecule has 4 rings (SSSR count). The van der Waals surface area contributed by atoms with Crippen molar-refractivity contribution in [3.05, 3.63) is 95.1 Å². The Bertz CT molecular complexity index is 1530. The van der Waals surface area contributed by atoms with Gasteiger partial charge in [0.2, 0.25) is 0 Å². The summed E-state index contributed by atoms with van der Waals surface area (Å²) >= 11 is 0. The van der Waals surface area contributed by atoms with Crippen molar-refractivity contribution in [3.63, 3.8) is 0 Å². The molecule has 4 aromatic carbocycles. The van der Waals surface area contributed by atoms with E-state index in [1.54, 1.807) is 0 Å². The molecule has 12 heteroatoms. The number of phenols is 2. The molecule has 0 aliphatic heterocycles. The first kappa shape index (κ1) is 32.4. The van der Waals surface area contributed by atoms with E-state index in [1.807, 2.05) is 0 Å². The molecule has 214 valence electrons. The molecular weight excluding hydrogens is 556 g/mol. The van der Waals surface area contributed by atoms with Crippen LogP contribution in [-0.4, -0.2) is 36.2 Å². The van der Waals surface area contributed by atoms with Gasteiger partial charge in [-0.05, 0) is 112 Å². The third kappa shape index (κ3) is 9.16. The molecular formula is C28H32N2O8S2. The van der Waals surface area contributed by atoms with Gasteiger partial charge in [-0.2, -0.15) is 0 Å². The van der Waals surface area contributed by atoms with Crippen LogP contribution in [0, 0.1) is 27.7 Å². The number of benzene rings is 4. The fourth-order valence-electron chi connectivity index (χ4n) is 3.55. The molecule has 0 heterocycles. The molecule has 0 saturated carbocycles. The van der Waals surface area contributed by atoms with Crippen LogP contribution in [-0.2, 0) is 20.2 Å². The van der Waals surface area contributed by atoms with Crippen LogP contribution in [0.3, 0.4) is 0 Å². The largest absolute Gasteiger partial charge is 0.744 e. The molecule has 0 aliphatic carbocycles. The van der Waals surface area contributed by atoms with Gasteiger partial charge in [-0.3, -0.25) is 0 Å². The van der Waals surface area contributed by atoms with Gasteiger partial charge in [0.1, 0.15) is 43.1 Å². The van der Waals surface area contributed by atoms with E-state index in [0.717, 1.165) is 59.9 Å². The van der Waals surface area contributed by atoms with Gasteiger partial charge in [-0.25, -0.2) is 16.8 Å². The van der Waals surface area contributed by atoms with E-state index in [1.165, 1.54) is 33.4 Å². The Morgan fingerprint density at radius 2 is 0.750 bits per heavy atom. The summed E-state index contributed by atoms with van der Waals surface area (Å²) in [6.07, 6.45) is 0. The molecule has 0 aliphatic rings. The van der Waals surface area contributed by atoms with Crippen LogP contribution in [0.1, 0.15) is 22.3 Å². The van der Waals surface area contributed by atoms with Gasteiger partial charge in [-0.15, -0.1) is 0 Å². The number of aryl methyl sites for hydroxylation is 4. The molecule has 0 fully saturated rings. The first-order valence-corrected chi connectivity index (χ1v) is 14.6. The maximum Gasteiger partial charge on any atom is 0.133 e. The van der Waals surface area contributed by atoms with E-state index in [-0.39, 0.29) is 21.3 Å². The molecule has 0 saturated heterocycles. The Labute approximate surface area is 234 Å². The molecule has 0 aromatic heterocycles. The topological polar surface area (TPSA) is 210 Å². The summed E-state index contributed by atoms with van der Waals surface area (Å²) in [4.78, 5) is -0.675. The number of hydrogen-bond donors (Lipinski definition) is 4. The van der Waals surface area contributed by atoms with Crippen molar-refractivity contribution in [1.29, 1.82) is 0 Å². The van der Waals surface area contributed by atoms with Gasteiger partial charge < -0.3 is 30.8 Å². The maximum atomic E-state index is 10.3. The molecule has 0 amide bonds. The Morgan fingerprint density at radius 3 is 0.950 bits per heavy atom. The van der Waals surface area contributed by atoms with Crippen LogP contribution in [0.5, 0.6) is 11.5 Å². The zero-order valence-electron chi connectivity index (χ0n) is 22.5. The Kier molecular flexibility index (Phi) is 10.6. The van der Waals surface area contributed by atoms with Crippen molar-refractivity contribution in [2.45, 2.75) is 37.5 Å². The van der Waals surface area contributed by atoms with Crippen molar-refractivity contribution in [2.75, 3.05) is 0 Å². The minimum Gasteiger partial charge on any atom is -0.744 e. The average Bonchev–Trinajstić information content (AvgIpc) is 2.85. The molecule has 40 heavy (non-hydrogen) atoms. The highest BCUT2D eigenvalue weighted by Crippen LogP contribution is 2.29. The van der Waals surface area contributed by atoms with Gasteiger partial charge in [0.05, 0.1) is 9.79 Å². The highest BCUT2D eigenvalue weighted by Gasteiger charge is 2.10. The van der Waals surface area contributed by atoms with E-state index >= 15 is 0 Å². The minimum atomic E-state index is -4.38. The molecule has 0 atom stereocenters. The Morgan fingerprint density at radius 1 is 0.525 bits per heavy atom. The smallest absolute Gasteiger partial charge is 0.133 e. The SMILES string of the molecule is Cc1cc(-c2cc(C)c([NH3+])c(C)c2)cc(C)c1[NH3+].O=S(=O)([O-])c1ccc(O)cc1.O=S(=O)([O-])c1ccc(O)cc1. The maximum absolute atomic E-state index is 10.3. The highest BCUT2D eigenvalue weighted by molar-refractivity contribution is 7.86. The normalized spacial score (nSPS) is 11.1. The number of hydrogen-bond acceptors (Lipinski definition) is 8. The predicted molar refractivity (Wildman–Crippen MR) is 148 cm³/mol. The van der Waals surface area contributed by atoms with Crippen LogP contribution in [0.15, 0.2) is 82.6 Å². The molecule has 0 radical (unpaired) electrons. The minimum absolute atomic E-state index is 0.0719. The number of phenolic OH excluding ortho intramolecular Hbond substituents is 2. The first-order chi connectivity index (χ1) is 18.4. The third-order valence-electron chi connectivity index (χ3n) is 5.98. The van der Waals surface area contributed by atoms with Crippen LogP contribution in [0.4, 0.5) is 11.4 Å². The van der Waals surface area contributed by atoms with E-state index < -0.39 is 20.2 Å². The molecule has 0 spiro atoms. The fourth-order valence-corrected chi connectivity index (χ4v) is 4.48. The van der Waals surface area contributed by atoms with E-state index in [9.17, 15) is 25.9 Å². The van der Waals surface area contributed by atoms with Gasteiger partial charge in [0.25, 0.3) is 0 Å². The number of aromatic hydroxyl groups is 2. The molecule has 0 unspecified atom stereocenters. The lowest BCUT2D eigenvalue weighted by atomic mass is 9.95. The fraction of sp³-hybridized carbons (Fsp3) is 0.143. The van der Waals surface area contributed by atoms with Crippen molar-refractivity contribution in [3.8, 4) is 22.6 Å². The van der Waals surface area contributed by atoms with Crippen molar-refractivity contribution < 1.29 is 47.6 Å². The zero-order valence-corrected chi connectivity index (χ0v) is 24.1. The van der Waals surface area contributed by atoms with Crippen LogP contribution in [0.2, 0.25) is 0 Å². The summed E-state index contributed by atoms with van der Waals surface area (Å²) < 4.78 is 61.8. The van der Waals surface area contributed by atoms with Crippen LogP contribution in [0.25, 0.3) is 11.1 Å². The highest BCUT2D eigenvalue weighted by atomic mass is 32.2. The number of rotatable bonds is 3. The van der Waals surface area contributed by atoms with Gasteiger partial charge in [0, 0.05) is 22.3 Å². The lowest BCUT2D eigenvalue weighted by molar-refractivity contribution is -0.257. The zero-order chi connectivity index (χ0) is 30.4. The Hall–Kier alpha value is -3.78. The molecule has 10 nitrogen and oxygen atoms in total. The summed E-state index contributed by atoms with van der Waals surface area (Å²) in [5.41, 5.74) is 18.0. The summed E-state index contributed by atoms with van der Waals surface area (Å²) in [6, 6.07) is 17.6. The summed E-state index contributed by atoms with van der Waals surface area (Å²) in [7, 11) is -8.76. The van der Waals surface area contributed by atoms with Crippen molar-refractivity contribution >= 4 is 31.6 Å². The second-order valence-corrected chi connectivity index (χ2v) is 11.8. The van der Waals surface area contributed by atoms with E-state index in [0.29, 0.717) is 0 Å². The predicted octanol–water partition coefficient (Wildman–Crippen LogP) is 2.93. The molecule has 0 bridgehead atoms. The average molecular weight is 589 g/mol.